The maximum absolute atomic E-state index is 13.1. The summed E-state index contributed by atoms with van der Waals surface area (Å²) in [7, 11) is 3.96. The van der Waals surface area contributed by atoms with Gasteiger partial charge in [-0.15, -0.1) is 11.3 Å². The SMILES string of the molecule is CC.Cc1ccc(-n2cnc3c(sc4nccc(N(C)C)c43)c2=O)cc1C. The molecule has 0 aliphatic rings. The second-order valence-corrected chi connectivity index (χ2v) is 7.37. The van der Waals surface area contributed by atoms with Crippen LogP contribution in [0.25, 0.3) is 26.1 Å². The molecule has 0 unspecified atom stereocenters. The molecule has 0 N–H and O–H groups in total. The van der Waals surface area contributed by atoms with Gasteiger partial charge in [0.25, 0.3) is 5.56 Å². The maximum Gasteiger partial charge on any atom is 0.275 e. The first-order chi connectivity index (χ1) is 13.0. The van der Waals surface area contributed by atoms with Gasteiger partial charge >= 0.3 is 0 Å². The average molecular weight is 381 g/mol. The van der Waals surface area contributed by atoms with E-state index >= 15 is 0 Å². The number of hydrogen-bond donors (Lipinski definition) is 0. The highest BCUT2D eigenvalue weighted by molar-refractivity contribution is 7.25. The minimum Gasteiger partial charge on any atom is -0.377 e. The lowest BCUT2D eigenvalue weighted by Gasteiger charge is -2.13. The molecule has 3 heterocycles. The van der Waals surface area contributed by atoms with Crippen LogP contribution >= 0.6 is 11.3 Å². The van der Waals surface area contributed by atoms with Crippen molar-refractivity contribution in [3.63, 3.8) is 0 Å². The number of benzene rings is 1. The predicted octanol–water partition coefficient (Wildman–Crippen LogP) is 4.70. The average Bonchev–Trinajstić information content (AvgIpc) is 3.06. The van der Waals surface area contributed by atoms with Gasteiger partial charge in [0, 0.05) is 20.3 Å². The Balaban J connectivity index is 0.00000102. The van der Waals surface area contributed by atoms with Gasteiger partial charge in [-0.2, -0.15) is 0 Å². The van der Waals surface area contributed by atoms with Crippen LogP contribution in [0.5, 0.6) is 0 Å². The van der Waals surface area contributed by atoms with Crippen LogP contribution in [-0.2, 0) is 0 Å². The molecule has 0 aliphatic heterocycles. The van der Waals surface area contributed by atoms with Crippen molar-refractivity contribution in [2.24, 2.45) is 0 Å². The van der Waals surface area contributed by atoms with E-state index in [9.17, 15) is 4.79 Å². The molecule has 0 saturated heterocycles. The maximum atomic E-state index is 13.1. The monoisotopic (exact) mass is 380 g/mol. The van der Waals surface area contributed by atoms with E-state index in [0.717, 1.165) is 32.7 Å². The van der Waals surface area contributed by atoms with E-state index in [1.54, 1.807) is 17.1 Å². The first-order valence-electron chi connectivity index (χ1n) is 9.01. The Bertz CT molecular complexity index is 1170. The fourth-order valence-corrected chi connectivity index (χ4v) is 4.02. The molecule has 5 nitrogen and oxygen atoms in total. The van der Waals surface area contributed by atoms with E-state index in [-0.39, 0.29) is 5.56 Å². The number of pyridine rings is 1. The molecule has 0 amide bonds. The number of hydrogen-bond acceptors (Lipinski definition) is 5. The molecular weight excluding hydrogens is 356 g/mol. The predicted molar refractivity (Wildman–Crippen MR) is 116 cm³/mol. The smallest absolute Gasteiger partial charge is 0.275 e. The Morgan fingerprint density at radius 1 is 1.04 bits per heavy atom. The zero-order valence-corrected chi connectivity index (χ0v) is 17.4. The number of thiophene rings is 1. The Morgan fingerprint density at radius 3 is 2.44 bits per heavy atom. The van der Waals surface area contributed by atoms with Crippen molar-refractivity contribution in [2.75, 3.05) is 19.0 Å². The molecule has 0 saturated carbocycles. The van der Waals surface area contributed by atoms with Gasteiger partial charge in [0.2, 0.25) is 0 Å². The topological polar surface area (TPSA) is 51.0 Å². The number of fused-ring (bicyclic) bond motifs is 3. The van der Waals surface area contributed by atoms with E-state index in [4.69, 9.17) is 0 Å². The Kier molecular flexibility index (Phi) is 5.28. The van der Waals surface area contributed by atoms with Gasteiger partial charge < -0.3 is 4.90 Å². The van der Waals surface area contributed by atoms with Crippen LogP contribution in [0, 0.1) is 13.8 Å². The van der Waals surface area contributed by atoms with Crippen LogP contribution in [0.15, 0.2) is 41.6 Å². The number of aromatic nitrogens is 3. The fraction of sp³-hybridized carbons (Fsp3) is 0.286. The van der Waals surface area contributed by atoms with Crippen molar-refractivity contribution >= 4 is 37.5 Å². The minimum absolute atomic E-state index is 0.0547. The molecule has 3 aromatic heterocycles. The Labute approximate surface area is 162 Å². The zero-order chi connectivity index (χ0) is 19.7. The van der Waals surface area contributed by atoms with Crippen LogP contribution in [0.2, 0.25) is 0 Å². The van der Waals surface area contributed by atoms with Crippen molar-refractivity contribution in [1.29, 1.82) is 0 Å². The second-order valence-electron chi connectivity index (χ2n) is 6.37. The molecule has 4 rings (SSSR count). The lowest BCUT2D eigenvalue weighted by molar-refractivity contribution is 0.964. The van der Waals surface area contributed by atoms with E-state index < -0.39 is 0 Å². The number of anilines is 1. The third-order valence-electron chi connectivity index (χ3n) is 4.51. The van der Waals surface area contributed by atoms with Crippen molar-refractivity contribution in [3.8, 4) is 5.69 Å². The van der Waals surface area contributed by atoms with Crippen molar-refractivity contribution in [2.45, 2.75) is 27.7 Å². The molecule has 140 valence electrons. The molecule has 0 fully saturated rings. The van der Waals surface area contributed by atoms with Gasteiger partial charge in [-0.05, 0) is 43.2 Å². The number of aryl methyl sites for hydroxylation is 2. The summed E-state index contributed by atoms with van der Waals surface area (Å²) >= 11 is 1.40. The summed E-state index contributed by atoms with van der Waals surface area (Å²) < 4.78 is 2.25. The molecule has 6 heteroatoms. The van der Waals surface area contributed by atoms with Crippen molar-refractivity contribution in [3.05, 3.63) is 58.3 Å². The van der Waals surface area contributed by atoms with Crippen LogP contribution in [0.1, 0.15) is 25.0 Å². The van der Waals surface area contributed by atoms with E-state index in [1.807, 2.05) is 64.0 Å². The third-order valence-corrected chi connectivity index (χ3v) is 5.59. The van der Waals surface area contributed by atoms with Gasteiger partial charge in [0.15, 0.2) is 0 Å². The zero-order valence-electron chi connectivity index (χ0n) is 16.6. The standard InChI is InChI=1S/C19H18N4OS.C2H6/c1-11-5-6-13(9-12(11)2)23-10-21-16-15-14(22(3)4)7-8-20-18(15)25-17(16)19(23)24;1-2/h5-10H,1-4H3;1-2H3. The third kappa shape index (κ3) is 3.21. The highest BCUT2D eigenvalue weighted by Crippen LogP contribution is 2.35. The summed E-state index contributed by atoms with van der Waals surface area (Å²) in [4.78, 5) is 25.0. The molecule has 0 aliphatic carbocycles. The minimum atomic E-state index is -0.0547. The van der Waals surface area contributed by atoms with Gasteiger partial charge in [-0.25, -0.2) is 9.97 Å². The van der Waals surface area contributed by atoms with E-state index in [2.05, 4.69) is 16.9 Å². The number of nitrogens with zero attached hydrogens (tertiary/aromatic N) is 4. The van der Waals surface area contributed by atoms with Gasteiger partial charge in [0.05, 0.1) is 22.3 Å². The molecule has 0 spiro atoms. The summed E-state index contributed by atoms with van der Waals surface area (Å²) in [6.45, 7) is 8.10. The molecular formula is C21H24N4OS. The number of rotatable bonds is 2. The van der Waals surface area contributed by atoms with E-state index in [1.165, 1.54) is 16.9 Å². The summed E-state index contributed by atoms with van der Waals surface area (Å²) in [6.07, 6.45) is 3.39. The van der Waals surface area contributed by atoms with Gasteiger partial charge in [0.1, 0.15) is 15.9 Å². The lowest BCUT2D eigenvalue weighted by atomic mass is 10.1. The van der Waals surface area contributed by atoms with Crippen molar-refractivity contribution in [1.82, 2.24) is 14.5 Å². The molecule has 4 aromatic rings. The largest absolute Gasteiger partial charge is 0.377 e. The summed E-state index contributed by atoms with van der Waals surface area (Å²) in [5, 5.41) is 0.942. The van der Waals surface area contributed by atoms with Crippen LogP contribution in [0.4, 0.5) is 5.69 Å². The summed E-state index contributed by atoms with van der Waals surface area (Å²) in [5.74, 6) is 0. The fourth-order valence-electron chi connectivity index (χ4n) is 2.97. The highest BCUT2D eigenvalue weighted by Gasteiger charge is 2.17. The lowest BCUT2D eigenvalue weighted by Crippen LogP contribution is -2.18. The normalized spacial score (nSPS) is 10.7. The molecule has 1 aromatic carbocycles. The first-order valence-corrected chi connectivity index (χ1v) is 9.83. The van der Waals surface area contributed by atoms with Crippen molar-refractivity contribution < 1.29 is 0 Å². The first kappa shape index (κ1) is 19.0. The van der Waals surface area contributed by atoms with Gasteiger partial charge in [-0.1, -0.05) is 19.9 Å². The van der Waals surface area contributed by atoms with E-state index in [0.29, 0.717) is 4.70 Å². The Morgan fingerprint density at radius 2 is 1.78 bits per heavy atom. The molecule has 0 radical (unpaired) electrons. The summed E-state index contributed by atoms with van der Waals surface area (Å²) in [5.41, 5.74) is 4.88. The molecule has 0 bridgehead atoms. The highest BCUT2D eigenvalue weighted by atomic mass is 32.1. The van der Waals surface area contributed by atoms with Gasteiger partial charge in [-0.3, -0.25) is 9.36 Å². The molecule has 27 heavy (non-hydrogen) atoms. The van der Waals surface area contributed by atoms with Crippen LogP contribution < -0.4 is 10.5 Å². The molecule has 0 atom stereocenters. The van der Waals surface area contributed by atoms with Crippen LogP contribution in [-0.4, -0.2) is 28.6 Å². The summed E-state index contributed by atoms with van der Waals surface area (Å²) in [6, 6.07) is 7.94. The quantitative estimate of drug-likeness (QED) is 0.506. The van der Waals surface area contributed by atoms with Crippen LogP contribution in [0.3, 0.4) is 0 Å². The Hall–Kier alpha value is -2.73. The second kappa shape index (κ2) is 7.48.